The minimum absolute atomic E-state index is 0.0947. The molecule has 0 radical (unpaired) electrons. The van der Waals surface area contributed by atoms with E-state index in [4.69, 9.17) is 46.4 Å². The zero-order chi connectivity index (χ0) is 78.0. The van der Waals surface area contributed by atoms with E-state index in [9.17, 15) is 41.7 Å². The fraction of sp³-hybridized carbons (Fsp3) is 0.671. The molecule has 6 saturated carbocycles. The van der Waals surface area contributed by atoms with Crippen LogP contribution < -0.4 is 0 Å². The molecule has 3 aromatic carbocycles. The van der Waals surface area contributed by atoms with E-state index < -0.39 is 34.6 Å². The second-order valence-corrected chi connectivity index (χ2v) is 36.4. The molecule has 25 heteroatoms. The molecule has 0 saturated heterocycles. The van der Waals surface area contributed by atoms with Crippen LogP contribution in [0.1, 0.15) is 223 Å². The van der Waals surface area contributed by atoms with Gasteiger partial charge in [0, 0.05) is 56.0 Å². The number of aromatic nitrogens is 12. The van der Waals surface area contributed by atoms with Crippen molar-refractivity contribution in [2.75, 3.05) is 0 Å². The van der Waals surface area contributed by atoms with Crippen LogP contribution in [0.4, 0.5) is 26.3 Å². The Morgan fingerprint density at radius 2 is 0.832 bits per heavy atom. The summed E-state index contributed by atoms with van der Waals surface area (Å²) in [7, 11) is 0. The van der Waals surface area contributed by atoms with Gasteiger partial charge < -0.3 is 15.3 Å². The smallest absolute Gasteiger partial charge is 0.275 e. The number of alkyl halides is 6. The van der Waals surface area contributed by atoms with Crippen LogP contribution in [0.15, 0.2) is 95.6 Å². The molecule has 0 bridgehead atoms. The summed E-state index contributed by atoms with van der Waals surface area (Å²) in [6.45, 7) is 24.4. The fourth-order valence-electron chi connectivity index (χ4n) is 19.8. The molecule has 3 heterocycles. The largest absolute Gasteiger partial charge is 0.384 e. The zero-order valence-corrected chi connectivity index (χ0v) is 67.7. The summed E-state index contributed by atoms with van der Waals surface area (Å²) in [5, 5.41) is 69.2. The molecular formula is C82H112Cl4F6N12O3. The molecule has 588 valence electrons. The molecule has 12 atom stereocenters. The Morgan fingerprint density at radius 1 is 0.477 bits per heavy atom. The Labute approximate surface area is 648 Å². The molecule has 0 amide bonds. The van der Waals surface area contributed by atoms with Crippen molar-refractivity contribution in [3.63, 3.8) is 0 Å². The van der Waals surface area contributed by atoms with E-state index >= 15 is 0 Å². The van der Waals surface area contributed by atoms with E-state index in [0.29, 0.717) is 106 Å². The lowest BCUT2D eigenvalue weighted by atomic mass is 9.60. The number of nitrogens with zero attached hydrogens (tertiary/aromatic N) is 12. The number of aliphatic hydroxyl groups is 3. The maximum atomic E-state index is 14.4. The molecule has 3 aromatic heterocycles. The summed E-state index contributed by atoms with van der Waals surface area (Å²) in [4.78, 5) is 1.58. The van der Waals surface area contributed by atoms with Crippen LogP contribution in [0.2, 0.25) is 20.1 Å². The number of halogens is 10. The van der Waals surface area contributed by atoms with Gasteiger partial charge in [0.15, 0.2) is 11.6 Å². The zero-order valence-electron chi connectivity index (χ0n) is 64.7. The molecule has 15 nitrogen and oxygen atoms in total. The van der Waals surface area contributed by atoms with E-state index in [2.05, 4.69) is 125 Å². The SMILES string of the molecule is C[C@H](CCC(F)(F)C(C)(C)O)[C@H]1CC[C@H]2/C(=C/Cn3nnc(-c4cc(Cl)cc(Cl)c4)n3)CCC[C@]12C.C[C@H](CCC(F)(F)C(C)(C)O)[C@H]1CC[C@H]2/C(=C/Cn3nnnc3-c3cc(Cl)cc(Cl)c3)CCC[C@]12C.Cc1cccc(-c2nnnn2C/C=C2\CCC[C@]3(C)[C@@H]([C@H](C)CCC(F)(F)C(C)(C)O)CC[C@@H]23)c1. The Kier molecular flexibility index (Phi) is 26.4. The first kappa shape index (κ1) is 84.2. The normalized spacial score (nSPS) is 27.0. The van der Waals surface area contributed by atoms with Crippen LogP contribution in [0, 0.1) is 76.4 Å². The number of fused-ring (bicyclic) bond motifs is 3. The lowest BCUT2D eigenvalue weighted by Gasteiger charge is -2.44. The van der Waals surface area contributed by atoms with Crippen LogP contribution in [0.25, 0.3) is 34.2 Å². The highest BCUT2D eigenvalue weighted by atomic mass is 35.5. The number of benzene rings is 3. The first-order chi connectivity index (χ1) is 50.0. The van der Waals surface area contributed by atoms with Crippen LogP contribution in [-0.2, 0) is 19.6 Å². The summed E-state index contributed by atoms with van der Waals surface area (Å²) >= 11 is 24.6. The quantitative estimate of drug-likeness (QED) is 0.0384. The fourth-order valence-corrected chi connectivity index (χ4v) is 20.8. The van der Waals surface area contributed by atoms with Crippen molar-refractivity contribution in [3.05, 3.63) is 121 Å². The summed E-state index contributed by atoms with van der Waals surface area (Å²) in [6, 6.07) is 18.7. The summed E-state index contributed by atoms with van der Waals surface area (Å²) < 4.78 is 90.0. The lowest BCUT2D eigenvalue weighted by molar-refractivity contribution is -0.168. The lowest BCUT2D eigenvalue weighted by Crippen LogP contribution is -2.43. The van der Waals surface area contributed by atoms with Crippen molar-refractivity contribution in [2.45, 2.75) is 279 Å². The van der Waals surface area contributed by atoms with Gasteiger partial charge in [-0.2, -0.15) is 4.80 Å². The second-order valence-electron chi connectivity index (χ2n) is 34.7. The van der Waals surface area contributed by atoms with Gasteiger partial charge in [-0.1, -0.05) is 147 Å². The van der Waals surface area contributed by atoms with Crippen molar-refractivity contribution in [2.24, 2.45) is 69.5 Å². The van der Waals surface area contributed by atoms with Crippen molar-refractivity contribution < 1.29 is 41.7 Å². The van der Waals surface area contributed by atoms with Gasteiger partial charge in [-0.15, -0.1) is 20.4 Å². The van der Waals surface area contributed by atoms with Gasteiger partial charge in [-0.3, -0.25) is 0 Å². The highest BCUT2D eigenvalue weighted by Gasteiger charge is 2.56. The number of aryl methyl sites for hydroxylation is 1. The average molecular weight is 1570 g/mol. The molecule has 6 fully saturated rings. The molecule has 0 aliphatic heterocycles. The first-order valence-corrected chi connectivity index (χ1v) is 40.2. The average Bonchev–Trinajstić information content (AvgIpc) is 1.69. The molecular weight excluding hydrogens is 1460 g/mol. The minimum Gasteiger partial charge on any atom is -0.384 e. The van der Waals surface area contributed by atoms with E-state index in [-0.39, 0.29) is 53.3 Å². The number of allylic oxidation sites excluding steroid dienone is 6. The topological polar surface area (TPSA) is 191 Å². The van der Waals surface area contributed by atoms with Crippen LogP contribution in [-0.4, -0.2) is 111 Å². The Hall–Kier alpha value is -5.29. The van der Waals surface area contributed by atoms with Crippen molar-refractivity contribution in [3.8, 4) is 34.2 Å². The molecule has 6 aliphatic rings. The van der Waals surface area contributed by atoms with Gasteiger partial charge in [-0.05, 0) is 302 Å². The predicted molar refractivity (Wildman–Crippen MR) is 412 cm³/mol. The maximum absolute atomic E-state index is 14.4. The van der Waals surface area contributed by atoms with Crippen LogP contribution in [0.5, 0.6) is 0 Å². The summed E-state index contributed by atoms with van der Waals surface area (Å²) in [5.74, 6) is -4.26. The Bertz CT molecular complexity index is 4060. The number of hydrogen-bond acceptors (Lipinski definition) is 12. The standard InChI is InChI=1S/C28H40F2N4O.2C27H36Cl2F2N4O/c1-19-8-6-9-22(18-19)25-31-32-33-34(25)17-14-21-10-7-15-27(5)23(11-12-24(21)27)20(2)13-16-28(29,30)26(3,4)35;1-17(9-12-27(30,31)25(2,3)36)22-7-8-23-18(6-5-11-26(22,23)4)10-13-35-24(32-33-34-35)19-14-20(28)16-21(29)15-19;1-17(9-12-27(30,31)25(2,3)36)22-7-8-23-18(6-5-11-26(22,23)4)10-13-35-33-24(32-34-35)19-14-20(28)16-21(29)15-19/h6,8-9,14,18,20,23-24,35H,7,10-13,15-17H2,1-5H3;2*10,14-17,22-23,36H,5-9,11-13H2,1-4H3/b21-14+;2*18-10+/t20-,23-,24+,27-;2*17-,22-,23+,26-/m111/s1. The highest BCUT2D eigenvalue weighted by Crippen LogP contribution is 2.63. The number of tetrazole rings is 3. The third kappa shape index (κ3) is 19.3. The van der Waals surface area contributed by atoms with E-state index in [1.54, 1.807) is 45.9 Å². The Balaban J connectivity index is 0.000000172. The van der Waals surface area contributed by atoms with Gasteiger partial charge in [0.25, 0.3) is 17.8 Å². The molecule has 107 heavy (non-hydrogen) atoms. The van der Waals surface area contributed by atoms with Gasteiger partial charge >= 0.3 is 0 Å². The van der Waals surface area contributed by atoms with E-state index in [1.807, 2.05) is 16.8 Å². The Morgan fingerprint density at radius 3 is 1.20 bits per heavy atom. The minimum atomic E-state index is -3.09. The van der Waals surface area contributed by atoms with Gasteiger partial charge in [0.05, 0.1) is 19.6 Å². The van der Waals surface area contributed by atoms with Gasteiger partial charge in [0.2, 0.25) is 5.82 Å². The second kappa shape index (κ2) is 33.6. The van der Waals surface area contributed by atoms with Crippen LogP contribution in [0.3, 0.4) is 0 Å². The predicted octanol–water partition coefficient (Wildman–Crippen LogP) is 21.8. The molecule has 0 unspecified atom stereocenters. The van der Waals surface area contributed by atoms with E-state index in [1.165, 1.54) is 63.8 Å². The summed E-state index contributed by atoms with van der Waals surface area (Å²) in [6.07, 6.45) is 23.5. The monoisotopic (exact) mass is 1570 g/mol. The summed E-state index contributed by atoms with van der Waals surface area (Å²) in [5.41, 5.74) is 2.34. The van der Waals surface area contributed by atoms with Gasteiger partial charge in [-0.25, -0.2) is 35.7 Å². The molecule has 6 aromatic rings. The molecule has 3 N–H and O–H groups in total. The third-order valence-corrected chi connectivity index (χ3v) is 27.1. The van der Waals surface area contributed by atoms with Crippen LogP contribution >= 0.6 is 46.4 Å². The molecule has 0 spiro atoms. The first-order valence-electron chi connectivity index (χ1n) is 38.7. The van der Waals surface area contributed by atoms with E-state index in [0.717, 1.165) is 119 Å². The number of rotatable bonds is 24. The number of hydrogen-bond donors (Lipinski definition) is 3. The molecule has 6 aliphatic carbocycles. The van der Waals surface area contributed by atoms with Gasteiger partial charge in [0.1, 0.15) is 16.8 Å². The molecule has 12 rings (SSSR count). The maximum Gasteiger partial charge on any atom is 0.275 e. The van der Waals surface area contributed by atoms with Crippen molar-refractivity contribution in [1.82, 2.24) is 60.6 Å². The van der Waals surface area contributed by atoms with Crippen molar-refractivity contribution in [1.29, 1.82) is 0 Å². The van der Waals surface area contributed by atoms with Crippen molar-refractivity contribution >= 4 is 46.4 Å². The highest BCUT2D eigenvalue weighted by molar-refractivity contribution is 6.35. The third-order valence-electron chi connectivity index (χ3n) is 26.2.